The number of fused-ring (bicyclic) bond motifs is 2. The summed E-state index contributed by atoms with van der Waals surface area (Å²) < 4.78 is 5.94. The molecule has 1 saturated heterocycles. The van der Waals surface area contributed by atoms with Crippen LogP contribution in [-0.2, 0) is 4.79 Å². The predicted molar refractivity (Wildman–Crippen MR) is 151 cm³/mol. The van der Waals surface area contributed by atoms with Crippen LogP contribution in [0, 0.1) is 12.3 Å². The Balaban J connectivity index is 1.30. The van der Waals surface area contributed by atoms with Crippen molar-refractivity contribution in [3.05, 3.63) is 64.3 Å². The van der Waals surface area contributed by atoms with Gasteiger partial charge in [0.15, 0.2) is 0 Å². The molecule has 2 aromatic carbocycles. The average Bonchev–Trinajstić information content (AvgIpc) is 3.28. The predicted octanol–water partition coefficient (Wildman–Crippen LogP) is 4.85. The fourth-order valence-corrected chi connectivity index (χ4v) is 5.94. The van der Waals surface area contributed by atoms with E-state index in [1.54, 1.807) is 18.2 Å². The number of H-pyrrole nitrogens is 1. The maximum atomic E-state index is 13.7. The highest BCUT2D eigenvalue weighted by Gasteiger charge is 2.42. The first-order valence-corrected chi connectivity index (χ1v) is 14.0. The Labute approximate surface area is 233 Å². The van der Waals surface area contributed by atoms with Crippen LogP contribution in [0.25, 0.3) is 10.9 Å². The molecule has 39 heavy (non-hydrogen) atoms. The first kappa shape index (κ1) is 27.1. The van der Waals surface area contributed by atoms with Gasteiger partial charge in [0, 0.05) is 25.0 Å². The quantitative estimate of drug-likeness (QED) is 0.403. The molecule has 3 aromatic rings. The summed E-state index contributed by atoms with van der Waals surface area (Å²) in [6, 6.07) is 12.6. The van der Waals surface area contributed by atoms with Crippen molar-refractivity contribution in [1.29, 1.82) is 0 Å². The van der Waals surface area contributed by atoms with E-state index in [-0.39, 0.29) is 30.4 Å². The SMILES string of the molecule is Cc1c(C(=O)N2CCC3(CCCCNC(=O)c4ccccc4OC[C@@H](C)NC3=O)CC2)[nH]c2c(Cl)cccc12. The van der Waals surface area contributed by atoms with Crippen LogP contribution in [0.2, 0.25) is 5.02 Å². The van der Waals surface area contributed by atoms with E-state index in [2.05, 4.69) is 15.6 Å². The van der Waals surface area contributed by atoms with Crippen molar-refractivity contribution >= 4 is 40.2 Å². The summed E-state index contributed by atoms with van der Waals surface area (Å²) in [5.74, 6) is 0.283. The number of nitrogens with one attached hydrogen (secondary N) is 3. The van der Waals surface area contributed by atoms with Gasteiger partial charge in [-0.1, -0.05) is 42.3 Å². The van der Waals surface area contributed by atoms with E-state index >= 15 is 0 Å². The lowest BCUT2D eigenvalue weighted by molar-refractivity contribution is -0.135. The molecule has 0 aliphatic carbocycles. The Bertz CT molecular complexity index is 1390. The number of aromatic nitrogens is 1. The minimum absolute atomic E-state index is 0.00801. The largest absolute Gasteiger partial charge is 0.491 e. The molecular formula is C30H35ClN4O4. The molecule has 5 rings (SSSR count). The molecule has 3 heterocycles. The molecule has 1 fully saturated rings. The smallest absolute Gasteiger partial charge is 0.270 e. The molecule has 2 aliphatic heterocycles. The number of para-hydroxylation sites is 2. The van der Waals surface area contributed by atoms with Crippen LogP contribution in [0.15, 0.2) is 42.5 Å². The van der Waals surface area contributed by atoms with Gasteiger partial charge < -0.3 is 25.3 Å². The van der Waals surface area contributed by atoms with Crippen LogP contribution in [0.1, 0.15) is 65.4 Å². The van der Waals surface area contributed by atoms with E-state index in [0.717, 1.165) is 29.3 Å². The fraction of sp³-hybridized carbons (Fsp3) is 0.433. The number of rotatable bonds is 1. The lowest BCUT2D eigenvalue weighted by atomic mass is 9.73. The lowest BCUT2D eigenvalue weighted by Gasteiger charge is -2.41. The molecule has 0 unspecified atom stereocenters. The number of halogens is 1. The molecule has 8 nitrogen and oxygen atoms in total. The number of aryl methyl sites for hydroxylation is 1. The molecule has 1 aromatic heterocycles. The van der Waals surface area contributed by atoms with Gasteiger partial charge in [0.2, 0.25) is 5.91 Å². The fourth-order valence-electron chi connectivity index (χ4n) is 5.72. The molecule has 2 aliphatic rings. The monoisotopic (exact) mass is 550 g/mol. The molecule has 0 radical (unpaired) electrons. The maximum Gasteiger partial charge on any atom is 0.270 e. The van der Waals surface area contributed by atoms with Gasteiger partial charge in [0.1, 0.15) is 18.1 Å². The van der Waals surface area contributed by atoms with Crippen molar-refractivity contribution in [3.63, 3.8) is 0 Å². The van der Waals surface area contributed by atoms with Gasteiger partial charge in [-0.3, -0.25) is 14.4 Å². The maximum absolute atomic E-state index is 13.7. The van der Waals surface area contributed by atoms with Crippen molar-refractivity contribution < 1.29 is 19.1 Å². The highest BCUT2D eigenvalue weighted by atomic mass is 35.5. The molecule has 9 heteroatoms. The number of likely N-dealkylation sites (tertiary alicyclic amines) is 1. The number of amides is 3. The zero-order chi connectivity index (χ0) is 27.6. The number of benzene rings is 2. The topological polar surface area (TPSA) is 104 Å². The third-order valence-electron chi connectivity index (χ3n) is 8.11. The number of hydrogen-bond acceptors (Lipinski definition) is 4. The first-order chi connectivity index (χ1) is 18.8. The van der Waals surface area contributed by atoms with Crippen LogP contribution in [0.5, 0.6) is 5.75 Å². The zero-order valence-corrected chi connectivity index (χ0v) is 23.2. The van der Waals surface area contributed by atoms with Crippen LogP contribution >= 0.6 is 11.6 Å². The van der Waals surface area contributed by atoms with Crippen molar-refractivity contribution in [1.82, 2.24) is 20.5 Å². The molecule has 0 bridgehead atoms. The number of ether oxygens (including phenoxy) is 1. The molecule has 1 atom stereocenters. The summed E-state index contributed by atoms with van der Waals surface area (Å²) in [6.07, 6.45) is 3.41. The third kappa shape index (κ3) is 5.48. The van der Waals surface area contributed by atoms with Crippen LogP contribution < -0.4 is 15.4 Å². The van der Waals surface area contributed by atoms with E-state index in [1.807, 2.05) is 43.0 Å². The van der Waals surface area contributed by atoms with Crippen molar-refractivity contribution in [2.24, 2.45) is 5.41 Å². The third-order valence-corrected chi connectivity index (χ3v) is 8.43. The Morgan fingerprint density at radius 3 is 2.59 bits per heavy atom. The number of nitrogens with zero attached hydrogens (tertiary/aromatic N) is 1. The number of piperidine rings is 1. The number of aromatic amines is 1. The minimum atomic E-state index is -0.574. The first-order valence-electron chi connectivity index (χ1n) is 13.7. The lowest BCUT2D eigenvalue weighted by Crippen LogP contribution is -2.52. The standard InChI is InChI=1S/C30H35ClN4O4/c1-19-18-39-24-11-4-3-8-22(24)27(36)32-15-6-5-12-30(29(38)33-19)13-16-35(17-14-30)28(37)25-20(2)21-9-7-10-23(31)26(21)34-25/h3-4,7-11,19,34H,5-6,12-18H2,1-2H3,(H,32,36)(H,33,38)/t19-/m1/s1. The second kappa shape index (κ2) is 11.3. The van der Waals surface area contributed by atoms with Gasteiger partial charge in [-0.2, -0.15) is 0 Å². The van der Waals surface area contributed by atoms with Crippen LogP contribution in [0.3, 0.4) is 0 Å². The Kier molecular flexibility index (Phi) is 7.84. The van der Waals surface area contributed by atoms with E-state index in [1.165, 1.54) is 0 Å². The average molecular weight is 551 g/mol. The van der Waals surface area contributed by atoms with Gasteiger partial charge in [0.25, 0.3) is 11.8 Å². The highest BCUT2D eigenvalue weighted by molar-refractivity contribution is 6.35. The van der Waals surface area contributed by atoms with E-state index in [4.69, 9.17) is 16.3 Å². The summed E-state index contributed by atoms with van der Waals surface area (Å²) in [4.78, 5) is 45.0. The molecule has 3 N–H and O–H groups in total. The van der Waals surface area contributed by atoms with Crippen molar-refractivity contribution in [2.75, 3.05) is 26.2 Å². The van der Waals surface area contributed by atoms with Gasteiger partial charge in [-0.05, 0) is 63.3 Å². The number of carbonyl (C=O) groups excluding carboxylic acids is 3. The molecule has 1 spiro atoms. The molecule has 0 saturated carbocycles. The van der Waals surface area contributed by atoms with E-state index in [0.29, 0.717) is 60.9 Å². The zero-order valence-electron chi connectivity index (χ0n) is 22.4. The summed E-state index contributed by atoms with van der Waals surface area (Å²) in [5, 5.41) is 7.66. The van der Waals surface area contributed by atoms with E-state index < -0.39 is 5.41 Å². The summed E-state index contributed by atoms with van der Waals surface area (Å²) >= 11 is 6.35. The van der Waals surface area contributed by atoms with E-state index in [9.17, 15) is 14.4 Å². The summed E-state index contributed by atoms with van der Waals surface area (Å²) in [6.45, 7) is 5.59. The Morgan fingerprint density at radius 1 is 1.05 bits per heavy atom. The number of carbonyl (C=O) groups is 3. The Hall–Kier alpha value is -3.52. The molecular weight excluding hydrogens is 516 g/mol. The highest BCUT2D eigenvalue weighted by Crippen LogP contribution is 2.38. The second-order valence-electron chi connectivity index (χ2n) is 10.8. The minimum Gasteiger partial charge on any atom is -0.491 e. The van der Waals surface area contributed by atoms with Crippen molar-refractivity contribution in [3.8, 4) is 5.75 Å². The van der Waals surface area contributed by atoms with Gasteiger partial charge in [-0.15, -0.1) is 0 Å². The van der Waals surface area contributed by atoms with Crippen molar-refractivity contribution in [2.45, 2.75) is 52.0 Å². The molecule has 206 valence electrons. The van der Waals surface area contributed by atoms with Crippen LogP contribution in [0.4, 0.5) is 0 Å². The number of hydrogen-bond donors (Lipinski definition) is 3. The van der Waals surface area contributed by atoms with Crippen LogP contribution in [-0.4, -0.2) is 59.9 Å². The summed E-state index contributed by atoms with van der Waals surface area (Å²) in [7, 11) is 0. The molecule has 3 amide bonds. The van der Waals surface area contributed by atoms with Gasteiger partial charge in [0.05, 0.1) is 27.6 Å². The second-order valence-corrected chi connectivity index (χ2v) is 11.2. The van der Waals surface area contributed by atoms with Gasteiger partial charge >= 0.3 is 0 Å². The normalized spacial score (nSPS) is 20.5. The van der Waals surface area contributed by atoms with Gasteiger partial charge in [-0.25, -0.2) is 0 Å². The Morgan fingerprint density at radius 2 is 1.82 bits per heavy atom. The summed E-state index contributed by atoms with van der Waals surface area (Å²) in [5.41, 5.74) is 2.12.